The molecule has 3 heteroatoms. The Labute approximate surface area is 80.3 Å². The summed E-state index contributed by atoms with van der Waals surface area (Å²) in [4.78, 5) is 11.7. The lowest BCUT2D eigenvalue weighted by Gasteiger charge is -2.40. The van der Waals surface area contributed by atoms with Gasteiger partial charge in [0, 0.05) is 6.42 Å². The van der Waals surface area contributed by atoms with E-state index in [9.17, 15) is 9.90 Å². The second-order valence-corrected chi connectivity index (χ2v) is 4.29. The van der Waals surface area contributed by atoms with E-state index in [0.717, 1.165) is 0 Å². The Morgan fingerprint density at radius 2 is 1.85 bits per heavy atom. The van der Waals surface area contributed by atoms with Crippen LogP contribution in [0.1, 0.15) is 20.3 Å². The highest BCUT2D eigenvalue weighted by atomic mass is 16.3. The van der Waals surface area contributed by atoms with Gasteiger partial charge in [0.05, 0.1) is 21.1 Å². The van der Waals surface area contributed by atoms with Crippen LogP contribution < -0.4 is 0 Å². The lowest BCUT2D eigenvalue weighted by Crippen LogP contribution is -2.61. The van der Waals surface area contributed by atoms with Gasteiger partial charge in [-0.25, -0.2) is 0 Å². The fourth-order valence-corrected chi connectivity index (χ4v) is 1.28. The smallest absolute Gasteiger partial charge is 0.264 e. The van der Waals surface area contributed by atoms with Crippen LogP contribution in [-0.4, -0.2) is 42.2 Å². The number of carbonyl (C=O) groups is 1. The number of rotatable bonds is 4. The second kappa shape index (κ2) is 3.60. The molecule has 0 saturated carbocycles. The zero-order valence-electron chi connectivity index (χ0n) is 9.22. The number of nitrogens with zero attached hydrogens (tertiary/aromatic N) is 1. The molecule has 0 fully saturated rings. The minimum atomic E-state index is -1.34. The van der Waals surface area contributed by atoms with Crippen LogP contribution in [0.25, 0.3) is 0 Å². The molecule has 0 aromatic heterocycles. The van der Waals surface area contributed by atoms with Crippen LogP contribution in [-0.2, 0) is 4.79 Å². The van der Waals surface area contributed by atoms with E-state index in [2.05, 4.69) is 6.58 Å². The SMILES string of the molecule is C=C(C)C(=O)C(O)(CC)[N+](C)(C)C. The lowest BCUT2D eigenvalue weighted by molar-refractivity contribution is -0.937. The van der Waals surface area contributed by atoms with Gasteiger partial charge < -0.3 is 5.11 Å². The molecule has 0 aliphatic heterocycles. The molecule has 3 nitrogen and oxygen atoms in total. The number of hydrogen-bond acceptors (Lipinski definition) is 2. The average molecular weight is 186 g/mol. The van der Waals surface area contributed by atoms with Gasteiger partial charge in [0.1, 0.15) is 0 Å². The molecular formula is C10H20NO2+. The predicted octanol–water partition coefficient (Wildman–Crippen LogP) is 0.936. The van der Waals surface area contributed by atoms with E-state index in [1.165, 1.54) is 0 Å². The van der Waals surface area contributed by atoms with Crippen molar-refractivity contribution in [3.8, 4) is 0 Å². The molecule has 1 unspecified atom stereocenters. The predicted molar refractivity (Wildman–Crippen MR) is 53.1 cm³/mol. The van der Waals surface area contributed by atoms with E-state index >= 15 is 0 Å². The quantitative estimate of drug-likeness (QED) is 0.403. The number of carbonyl (C=O) groups excluding carboxylic acids is 1. The summed E-state index contributed by atoms with van der Waals surface area (Å²) in [5.41, 5.74) is -0.941. The number of Topliss-reactive ketones (excluding diaryl/α,β-unsaturated/α-hetero) is 1. The first-order valence-corrected chi connectivity index (χ1v) is 4.41. The van der Waals surface area contributed by atoms with E-state index in [4.69, 9.17) is 0 Å². The first-order valence-electron chi connectivity index (χ1n) is 4.41. The summed E-state index contributed by atoms with van der Waals surface area (Å²) in [6.07, 6.45) is 0.391. The number of quaternary nitrogens is 1. The molecule has 1 atom stereocenters. The molecule has 1 N–H and O–H groups in total. The number of hydrogen-bond donors (Lipinski definition) is 1. The van der Waals surface area contributed by atoms with E-state index in [1.807, 2.05) is 0 Å². The van der Waals surface area contributed by atoms with Crippen molar-refractivity contribution >= 4 is 5.78 Å². The summed E-state index contributed by atoms with van der Waals surface area (Å²) in [6, 6.07) is 0. The molecule has 0 heterocycles. The van der Waals surface area contributed by atoms with Gasteiger partial charge in [-0.3, -0.25) is 9.28 Å². The first kappa shape index (κ1) is 12.3. The monoisotopic (exact) mass is 186 g/mol. The van der Waals surface area contributed by atoms with Crippen LogP contribution >= 0.6 is 0 Å². The fraction of sp³-hybridized carbons (Fsp3) is 0.700. The van der Waals surface area contributed by atoms with Gasteiger partial charge in [0.15, 0.2) is 0 Å². The molecule has 0 aliphatic rings. The van der Waals surface area contributed by atoms with Crippen molar-refractivity contribution in [3.63, 3.8) is 0 Å². The van der Waals surface area contributed by atoms with E-state index in [0.29, 0.717) is 12.0 Å². The maximum Gasteiger partial charge on any atom is 0.264 e. The Hall–Kier alpha value is -0.670. The van der Waals surface area contributed by atoms with Crippen LogP contribution in [0.15, 0.2) is 12.2 Å². The maximum atomic E-state index is 11.7. The highest BCUT2D eigenvalue weighted by Gasteiger charge is 2.46. The summed E-state index contributed by atoms with van der Waals surface area (Å²) in [5, 5.41) is 10.2. The number of ketones is 1. The Kier molecular flexibility index (Phi) is 3.41. The second-order valence-electron chi connectivity index (χ2n) is 4.29. The molecule has 0 bridgehead atoms. The third kappa shape index (κ3) is 2.17. The molecule has 0 saturated heterocycles. The zero-order chi connectivity index (χ0) is 10.9. The Bertz CT molecular complexity index is 228. The third-order valence-corrected chi connectivity index (χ3v) is 2.35. The highest BCUT2D eigenvalue weighted by molar-refractivity contribution is 5.99. The normalized spacial score (nSPS) is 16.5. The Morgan fingerprint density at radius 1 is 1.46 bits per heavy atom. The summed E-state index contributed by atoms with van der Waals surface area (Å²) in [5.74, 6) is -0.275. The van der Waals surface area contributed by atoms with Crippen LogP contribution in [0.3, 0.4) is 0 Å². The van der Waals surface area contributed by atoms with Gasteiger partial charge in [-0.05, 0) is 12.5 Å². The van der Waals surface area contributed by atoms with E-state index in [-0.39, 0.29) is 10.3 Å². The van der Waals surface area contributed by atoms with Gasteiger partial charge in [-0.1, -0.05) is 13.5 Å². The van der Waals surface area contributed by atoms with Gasteiger partial charge in [-0.2, -0.15) is 0 Å². The molecule has 0 aliphatic carbocycles. The topological polar surface area (TPSA) is 37.3 Å². The zero-order valence-corrected chi connectivity index (χ0v) is 9.22. The maximum absolute atomic E-state index is 11.7. The lowest BCUT2D eigenvalue weighted by atomic mass is 9.97. The summed E-state index contributed by atoms with van der Waals surface area (Å²) in [6.45, 7) is 6.98. The fourth-order valence-electron chi connectivity index (χ4n) is 1.28. The largest absolute Gasteiger partial charge is 0.336 e. The number of aliphatic hydroxyl groups is 1. The molecule has 0 aromatic rings. The average Bonchev–Trinajstić information content (AvgIpc) is 1.99. The van der Waals surface area contributed by atoms with Gasteiger partial charge in [0.25, 0.3) is 5.72 Å². The highest BCUT2D eigenvalue weighted by Crippen LogP contribution is 2.23. The van der Waals surface area contributed by atoms with Crippen molar-refractivity contribution in [3.05, 3.63) is 12.2 Å². The molecule has 0 radical (unpaired) electrons. The molecular weight excluding hydrogens is 166 g/mol. The molecule has 0 amide bonds. The third-order valence-electron chi connectivity index (χ3n) is 2.35. The van der Waals surface area contributed by atoms with Crippen molar-refractivity contribution in [2.24, 2.45) is 0 Å². The van der Waals surface area contributed by atoms with Crippen LogP contribution in [0, 0.1) is 0 Å². The molecule has 13 heavy (non-hydrogen) atoms. The van der Waals surface area contributed by atoms with E-state index in [1.54, 1.807) is 35.0 Å². The minimum Gasteiger partial charge on any atom is -0.336 e. The number of likely N-dealkylation sites (N-methyl/N-ethyl adjacent to an activating group) is 1. The van der Waals surface area contributed by atoms with Crippen molar-refractivity contribution in [2.45, 2.75) is 26.0 Å². The van der Waals surface area contributed by atoms with Crippen molar-refractivity contribution in [1.29, 1.82) is 0 Å². The molecule has 0 spiro atoms. The van der Waals surface area contributed by atoms with Crippen molar-refractivity contribution in [2.75, 3.05) is 21.1 Å². The molecule has 0 aromatic carbocycles. The molecule has 0 rings (SSSR count). The van der Waals surface area contributed by atoms with Crippen LogP contribution in [0.4, 0.5) is 0 Å². The van der Waals surface area contributed by atoms with Crippen molar-refractivity contribution < 1.29 is 14.4 Å². The van der Waals surface area contributed by atoms with Gasteiger partial charge in [-0.15, -0.1) is 0 Å². The van der Waals surface area contributed by atoms with Gasteiger partial charge in [0.2, 0.25) is 5.78 Å². The van der Waals surface area contributed by atoms with Gasteiger partial charge >= 0.3 is 0 Å². The summed E-state index contributed by atoms with van der Waals surface area (Å²) < 4.78 is 0.204. The molecule has 76 valence electrons. The summed E-state index contributed by atoms with van der Waals surface area (Å²) in [7, 11) is 5.39. The Morgan fingerprint density at radius 3 is 1.92 bits per heavy atom. The minimum absolute atomic E-state index is 0.204. The first-order chi connectivity index (χ1) is 5.66. The van der Waals surface area contributed by atoms with Crippen LogP contribution in [0.2, 0.25) is 0 Å². The van der Waals surface area contributed by atoms with Crippen molar-refractivity contribution in [1.82, 2.24) is 0 Å². The van der Waals surface area contributed by atoms with E-state index < -0.39 is 5.72 Å². The summed E-state index contributed by atoms with van der Waals surface area (Å²) >= 11 is 0. The van der Waals surface area contributed by atoms with Crippen LogP contribution in [0.5, 0.6) is 0 Å². The Balaban J connectivity index is 5.07. The standard InChI is InChI=1S/C10H20NO2/c1-7-10(13,11(4,5)6)9(12)8(2)3/h13H,2,7H2,1,3-6H3/q+1.